The van der Waals surface area contributed by atoms with Crippen molar-refractivity contribution in [3.05, 3.63) is 56.0 Å². The monoisotopic (exact) mass is 272 g/mol. The standard InChI is InChI=1S/C10H7F3N4O2/c11-10(12,13)8-4-3-7(2-1-5-15-16-14)6-9(8)17(18)19/h1-4,6H,5H2. The molecule has 0 fully saturated rings. The third kappa shape index (κ3) is 4.00. The summed E-state index contributed by atoms with van der Waals surface area (Å²) in [5.41, 5.74) is 5.92. The Labute approximate surface area is 104 Å². The minimum Gasteiger partial charge on any atom is -0.258 e. The van der Waals surface area contributed by atoms with E-state index in [1.807, 2.05) is 0 Å². The molecule has 0 radical (unpaired) electrons. The number of rotatable bonds is 4. The van der Waals surface area contributed by atoms with E-state index >= 15 is 0 Å². The normalized spacial score (nSPS) is 11.3. The molecule has 1 aromatic rings. The molecule has 0 saturated carbocycles. The van der Waals surface area contributed by atoms with E-state index in [2.05, 4.69) is 10.0 Å². The highest BCUT2D eigenvalue weighted by Gasteiger charge is 2.38. The molecule has 0 aromatic heterocycles. The molecule has 0 atom stereocenters. The van der Waals surface area contributed by atoms with E-state index in [1.165, 1.54) is 12.2 Å². The molecule has 1 aromatic carbocycles. The minimum atomic E-state index is -4.78. The number of nitro benzene ring substituents is 1. The van der Waals surface area contributed by atoms with E-state index in [1.54, 1.807) is 0 Å². The Hall–Kier alpha value is -2.54. The highest BCUT2D eigenvalue weighted by molar-refractivity contribution is 5.57. The first-order valence-electron chi connectivity index (χ1n) is 4.89. The summed E-state index contributed by atoms with van der Waals surface area (Å²) in [6.45, 7) is 0.00528. The number of azide groups is 1. The van der Waals surface area contributed by atoms with Crippen LogP contribution in [0.4, 0.5) is 18.9 Å². The highest BCUT2D eigenvalue weighted by atomic mass is 19.4. The predicted molar refractivity (Wildman–Crippen MR) is 61.1 cm³/mol. The van der Waals surface area contributed by atoms with Gasteiger partial charge in [-0.15, -0.1) is 0 Å². The van der Waals surface area contributed by atoms with Crippen LogP contribution < -0.4 is 0 Å². The largest absolute Gasteiger partial charge is 0.422 e. The van der Waals surface area contributed by atoms with Crippen LogP contribution in [0.15, 0.2) is 29.4 Å². The van der Waals surface area contributed by atoms with Crippen molar-refractivity contribution in [1.29, 1.82) is 0 Å². The fraction of sp³-hybridized carbons (Fsp3) is 0.200. The van der Waals surface area contributed by atoms with E-state index in [0.29, 0.717) is 6.07 Å². The lowest BCUT2D eigenvalue weighted by atomic mass is 10.1. The number of halogens is 3. The van der Waals surface area contributed by atoms with Crippen molar-refractivity contribution in [2.24, 2.45) is 5.11 Å². The second-order valence-corrected chi connectivity index (χ2v) is 3.35. The molecule has 0 heterocycles. The van der Waals surface area contributed by atoms with Gasteiger partial charge >= 0.3 is 6.18 Å². The first kappa shape index (κ1) is 14.5. The number of benzene rings is 1. The van der Waals surface area contributed by atoms with Crippen LogP contribution in [-0.2, 0) is 6.18 Å². The van der Waals surface area contributed by atoms with Gasteiger partial charge in [-0.2, -0.15) is 13.2 Å². The summed E-state index contributed by atoms with van der Waals surface area (Å²) in [6, 6.07) is 2.56. The fourth-order valence-electron chi connectivity index (χ4n) is 1.32. The van der Waals surface area contributed by atoms with Gasteiger partial charge in [-0.25, -0.2) is 0 Å². The van der Waals surface area contributed by atoms with Crippen molar-refractivity contribution in [1.82, 2.24) is 0 Å². The minimum absolute atomic E-state index is 0.00528. The Bertz CT molecular complexity index is 562. The summed E-state index contributed by atoms with van der Waals surface area (Å²) < 4.78 is 37.5. The molecule has 0 aliphatic heterocycles. The van der Waals surface area contributed by atoms with Crippen molar-refractivity contribution in [3.8, 4) is 0 Å². The lowest BCUT2D eigenvalue weighted by Gasteiger charge is -2.07. The number of nitrogens with zero attached hydrogens (tertiary/aromatic N) is 4. The van der Waals surface area contributed by atoms with Crippen LogP contribution in [0.1, 0.15) is 11.1 Å². The second-order valence-electron chi connectivity index (χ2n) is 3.35. The van der Waals surface area contributed by atoms with Gasteiger partial charge in [0.05, 0.1) is 4.92 Å². The maximum absolute atomic E-state index is 12.5. The van der Waals surface area contributed by atoms with Crippen molar-refractivity contribution in [2.45, 2.75) is 6.18 Å². The molecule has 19 heavy (non-hydrogen) atoms. The van der Waals surface area contributed by atoms with E-state index < -0.39 is 22.4 Å². The molecule has 0 spiro atoms. The zero-order valence-electron chi connectivity index (χ0n) is 9.33. The Morgan fingerprint density at radius 1 is 1.47 bits per heavy atom. The summed E-state index contributed by atoms with van der Waals surface area (Å²) in [5.74, 6) is 0. The SMILES string of the molecule is [N-]=[N+]=NCC=Cc1ccc(C(F)(F)F)c([N+](=O)[O-])c1. The van der Waals surface area contributed by atoms with Gasteiger partial charge in [0.2, 0.25) is 0 Å². The van der Waals surface area contributed by atoms with Crippen LogP contribution in [0.2, 0.25) is 0 Å². The smallest absolute Gasteiger partial charge is 0.258 e. The molecular weight excluding hydrogens is 265 g/mol. The Morgan fingerprint density at radius 2 is 2.16 bits per heavy atom. The van der Waals surface area contributed by atoms with Crippen LogP contribution in [0.25, 0.3) is 16.5 Å². The molecule has 0 unspecified atom stereocenters. The Morgan fingerprint density at radius 3 is 2.68 bits per heavy atom. The van der Waals surface area contributed by atoms with Crippen LogP contribution >= 0.6 is 0 Å². The van der Waals surface area contributed by atoms with Crippen LogP contribution in [0.3, 0.4) is 0 Å². The van der Waals surface area contributed by atoms with Crippen LogP contribution in [0.5, 0.6) is 0 Å². The van der Waals surface area contributed by atoms with Crippen molar-refractivity contribution in [3.63, 3.8) is 0 Å². The van der Waals surface area contributed by atoms with Crippen LogP contribution in [-0.4, -0.2) is 11.5 Å². The van der Waals surface area contributed by atoms with Gasteiger partial charge in [-0.1, -0.05) is 23.3 Å². The van der Waals surface area contributed by atoms with Gasteiger partial charge in [0.25, 0.3) is 5.69 Å². The average molecular weight is 272 g/mol. The molecule has 100 valence electrons. The van der Waals surface area contributed by atoms with Crippen LogP contribution in [0, 0.1) is 10.1 Å². The summed E-state index contributed by atoms with van der Waals surface area (Å²) in [5, 5.41) is 13.8. The molecule has 9 heteroatoms. The molecule has 0 aliphatic rings. The topological polar surface area (TPSA) is 91.9 Å². The zero-order valence-corrected chi connectivity index (χ0v) is 9.33. The first-order valence-corrected chi connectivity index (χ1v) is 4.89. The Kier molecular flexibility index (Phi) is 4.49. The second kappa shape index (κ2) is 5.87. The summed E-state index contributed by atoms with van der Waals surface area (Å²) in [4.78, 5) is 12.0. The summed E-state index contributed by atoms with van der Waals surface area (Å²) in [7, 11) is 0. The van der Waals surface area contributed by atoms with Gasteiger partial charge in [0.1, 0.15) is 5.56 Å². The lowest BCUT2D eigenvalue weighted by molar-refractivity contribution is -0.388. The van der Waals surface area contributed by atoms with E-state index in [9.17, 15) is 23.3 Å². The number of nitro groups is 1. The van der Waals surface area contributed by atoms with Gasteiger partial charge in [0.15, 0.2) is 0 Å². The maximum Gasteiger partial charge on any atom is 0.422 e. The van der Waals surface area contributed by atoms with E-state index in [-0.39, 0.29) is 12.1 Å². The molecule has 0 bridgehead atoms. The van der Waals surface area contributed by atoms with Gasteiger partial charge in [-0.05, 0) is 17.2 Å². The van der Waals surface area contributed by atoms with E-state index in [4.69, 9.17) is 5.53 Å². The lowest BCUT2D eigenvalue weighted by Crippen LogP contribution is -2.08. The first-order chi connectivity index (χ1) is 8.86. The fourth-order valence-corrected chi connectivity index (χ4v) is 1.32. The molecular formula is C10H7F3N4O2. The van der Waals surface area contributed by atoms with Gasteiger partial charge < -0.3 is 0 Å². The van der Waals surface area contributed by atoms with Crippen molar-refractivity contribution < 1.29 is 18.1 Å². The van der Waals surface area contributed by atoms with Crippen molar-refractivity contribution in [2.75, 3.05) is 6.54 Å². The molecule has 1 rings (SSSR count). The van der Waals surface area contributed by atoms with Gasteiger partial charge in [-0.3, -0.25) is 10.1 Å². The molecule has 6 nitrogen and oxygen atoms in total. The highest BCUT2D eigenvalue weighted by Crippen LogP contribution is 2.36. The third-order valence-corrected chi connectivity index (χ3v) is 2.08. The Balaban J connectivity index is 3.13. The van der Waals surface area contributed by atoms with Crippen molar-refractivity contribution >= 4 is 11.8 Å². The molecule has 0 saturated heterocycles. The number of hydrogen-bond acceptors (Lipinski definition) is 3. The molecule has 0 aliphatic carbocycles. The quantitative estimate of drug-likeness (QED) is 0.273. The van der Waals surface area contributed by atoms with E-state index in [0.717, 1.165) is 12.1 Å². The van der Waals surface area contributed by atoms with Gasteiger partial charge in [0, 0.05) is 17.5 Å². The number of hydrogen-bond donors (Lipinski definition) is 0. The summed E-state index contributed by atoms with van der Waals surface area (Å²) in [6.07, 6.45) is -2.07. The molecule has 0 amide bonds. The average Bonchev–Trinajstić information content (AvgIpc) is 2.33. The maximum atomic E-state index is 12.5. The predicted octanol–water partition coefficient (Wildman–Crippen LogP) is 3.94. The third-order valence-electron chi connectivity index (χ3n) is 2.08. The summed E-state index contributed by atoms with van der Waals surface area (Å²) >= 11 is 0. The zero-order chi connectivity index (χ0) is 14.5. The number of alkyl halides is 3. The molecule has 0 N–H and O–H groups in total.